The lowest BCUT2D eigenvalue weighted by molar-refractivity contribution is 0.590. The Morgan fingerprint density at radius 1 is 0.225 bits per heavy atom. The van der Waals surface area contributed by atoms with Gasteiger partial charge in [-0.3, -0.25) is 0 Å². The summed E-state index contributed by atoms with van der Waals surface area (Å²) in [5.74, 6) is 0. The van der Waals surface area contributed by atoms with E-state index in [2.05, 4.69) is 433 Å². The Morgan fingerprint density at radius 3 is 0.820 bits per heavy atom. The largest absolute Gasteiger partial charge is 0.310 e. The number of benzene rings is 16. The van der Waals surface area contributed by atoms with Crippen LogP contribution in [0.1, 0.15) is 150 Å². The lowest BCUT2D eigenvalue weighted by Gasteiger charge is -2.30. The highest BCUT2D eigenvalue weighted by atomic mass is 15.1. The molecule has 0 N–H and O–H groups in total. The molecule has 2 heteroatoms. The molecule has 0 aromatic heterocycles. The molecule has 0 aliphatic heterocycles. The molecule has 0 saturated heterocycles. The van der Waals surface area contributed by atoms with E-state index in [0.717, 1.165) is 34.1 Å². The Hall–Kier alpha value is -12.4. The van der Waals surface area contributed by atoms with Crippen LogP contribution in [-0.4, -0.2) is 0 Å². The van der Waals surface area contributed by atoms with Gasteiger partial charge in [0.1, 0.15) is 0 Å². The van der Waals surface area contributed by atoms with Gasteiger partial charge in [-0.2, -0.15) is 0 Å². The maximum Gasteiger partial charge on any atom is 0.0540 e. The van der Waals surface area contributed by atoms with E-state index in [4.69, 9.17) is 0 Å². The van der Waals surface area contributed by atoms with Crippen molar-refractivity contribution in [1.29, 1.82) is 0 Å². The standard InChI is InChI=1S/C109H92N2/c1-105(2,3)79-41-45-81(46-42-79)110(103-59-57-85(87-25-17-19-27-95(87)103)77-39-37-73-21-13-15-23-75(73)65-77)83-49-55-93-91-53-35-71(63-99(91)108(9,10)101(93)67-83)31-29-69-33-51-89-90-52-34-70(62-98(90)107(7,8)97(89)61-69)30-32-72-36-54-92-94-56-50-84(68-102(94)109(11,12)100(92)64-72)111(82-47-43-80(44-48-82)106(4,5)6)104-60-58-86(88-26-18-20-28-96(88)104)78-40-38-74-22-14-16-24-76(74)66-78/h13-68H,1-12H3/b31-29+,32-30+. The third-order valence-electron chi connectivity index (χ3n) is 24.9. The van der Waals surface area contributed by atoms with Crippen molar-refractivity contribution in [2.24, 2.45) is 0 Å². The van der Waals surface area contributed by atoms with Gasteiger partial charge in [-0.05, 0) is 238 Å². The monoisotopic (exact) mass is 1430 g/mol. The summed E-state index contributed by atoms with van der Waals surface area (Å²) in [6, 6.07) is 119. The molecule has 0 amide bonds. The molecule has 0 spiro atoms. The second-order valence-corrected chi connectivity index (χ2v) is 35.0. The summed E-state index contributed by atoms with van der Waals surface area (Å²) in [6.45, 7) is 28.2. The van der Waals surface area contributed by atoms with E-state index in [1.807, 2.05) is 0 Å². The van der Waals surface area contributed by atoms with E-state index in [1.54, 1.807) is 0 Å². The molecule has 2 nitrogen and oxygen atoms in total. The van der Waals surface area contributed by atoms with Crippen molar-refractivity contribution in [3.05, 3.63) is 382 Å². The molecule has 3 aliphatic rings. The molecule has 0 atom stereocenters. The van der Waals surface area contributed by atoms with Gasteiger partial charge < -0.3 is 9.80 Å². The first-order valence-electron chi connectivity index (χ1n) is 39.6. The third-order valence-corrected chi connectivity index (χ3v) is 24.9. The molecule has 111 heavy (non-hydrogen) atoms. The predicted molar refractivity (Wildman–Crippen MR) is 478 cm³/mol. The highest BCUT2D eigenvalue weighted by Crippen LogP contribution is 2.56. The number of rotatable bonds is 12. The Balaban J connectivity index is 0.578. The maximum absolute atomic E-state index is 2.49. The lowest BCUT2D eigenvalue weighted by Crippen LogP contribution is -2.17. The molecule has 0 saturated carbocycles. The van der Waals surface area contributed by atoms with Crippen LogP contribution >= 0.6 is 0 Å². The minimum atomic E-state index is -0.251. The number of hydrogen-bond donors (Lipinski definition) is 0. The molecule has 16 aromatic rings. The first-order chi connectivity index (χ1) is 53.5. The molecule has 538 valence electrons. The predicted octanol–water partition coefficient (Wildman–Crippen LogP) is 30.4. The summed E-state index contributed by atoms with van der Waals surface area (Å²) in [5.41, 5.74) is 34.5. The molecule has 19 rings (SSSR count). The molecular weight excluding hydrogens is 1340 g/mol. The van der Waals surface area contributed by atoms with E-state index in [-0.39, 0.29) is 27.1 Å². The number of hydrogen-bond acceptors (Lipinski definition) is 2. The van der Waals surface area contributed by atoms with Crippen molar-refractivity contribution in [3.8, 4) is 55.6 Å². The summed E-state index contributed by atoms with van der Waals surface area (Å²) < 4.78 is 0. The van der Waals surface area contributed by atoms with Gasteiger partial charge in [0.25, 0.3) is 0 Å². The van der Waals surface area contributed by atoms with Crippen LogP contribution in [0.15, 0.2) is 315 Å². The van der Waals surface area contributed by atoms with E-state index in [1.165, 1.54) is 165 Å². The Bertz CT molecular complexity index is 6160. The highest BCUT2D eigenvalue weighted by molar-refractivity contribution is 6.09. The van der Waals surface area contributed by atoms with Gasteiger partial charge in [-0.15, -0.1) is 0 Å². The minimum Gasteiger partial charge on any atom is -0.310 e. The normalized spacial score (nSPS) is 14.3. The first-order valence-corrected chi connectivity index (χ1v) is 39.6. The fourth-order valence-corrected chi connectivity index (χ4v) is 18.6. The van der Waals surface area contributed by atoms with Gasteiger partial charge >= 0.3 is 0 Å². The summed E-state index contributed by atoms with van der Waals surface area (Å²) in [6.07, 6.45) is 9.25. The summed E-state index contributed by atoms with van der Waals surface area (Å²) >= 11 is 0. The molecule has 16 aromatic carbocycles. The first kappa shape index (κ1) is 69.1. The maximum atomic E-state index is 2.49. The van der Waals surface area contributed by atoms with E-state index in [0.29, 0.717) is 0 Å². The Kier molecular flexibility index (Phi) is 16.1. The topological polar surface area (TPSA) is 6.48 Å². The summed E-state index contributed by atoms with van der Waals surface area (Å²) in [7, 11) is 0. The van der Waals surface area contributed by atoms with Gasteiger partial charge in [-0.1, -0.05) is 350 Å². The average Bonchev–Trinajstić information content (AvgIpc) is 1.62. The molecule has 0 fully saturated rings. The fourth-order valence-electron chi connectivity index (χ4n) is 18.6. The van der Waals surface area contributed by atoms with Crippen molar-refractivity contribution in [3.63, 3.8) is 0 Å². The van der Waals surface area contributed by atoms with Gasteiger partial charge in [0.2, 0.25) is 0 Å². The van der Waals surface area contributed by atoms with Crippen molar-refractivity contribution < 1.29 is 0 Å². The van der Waals surface area contributed by atoms with Crippen LogP contribution < -0.4 is 9.80 Å². The molecule has 0 bridgehead atoms. The number of nitrogens with zero attached hydrogens (tertiary/aromatic N) is 2. The second kappa shape index (κ2) is 25.9. The SMILES string of the molecule is CC(C)(C)c1ccc(N(c2ccc3c(c2)C(C)(C)c2cc(/C=C/c4ccc5c(c4)C(C)(C)c4cc(/C=C/c6ccc7c(c6)C(C)(C)c6cc(N(c8ccc(C(C)(C)C)cc8)c8ccc(-c9ccc%10ccccc%10c9)c9ccccc89)ccc6-7)ccc4-5)ccc2-3)c2ccc(-c3ccc4ccccc4c3)c3ccccc23)cc1. The molecule has 0 radical (unpaired) electrons. The summed E-state index contributed by atoms with van der Waals surface area (Å²) in [5, 5.41) is 9.88. The van der Waals surface area contributed by atoms with Crippen molar-refractivity contribution >= 4 is 102 Å². The highest BCUT2D eigenvalue weighted by Gasteiger charge is 2.40. The number of fused-ring (bicyclic) bond motifs is 13. The van der Waals surface area contributed by atoms with Crippen LogP contribution in [-0.2, 0) is 27.1 Å². The van der Waals surface area contributed by atoms with Crippen LogP contribution in [0.2, 0.25) is 0 Å². The van der Waals surface area contributed by atoms with Crippen LogP contribution in [0.3, 0.4) is 0 Å². The van der Waals surface area contributed by atoms with Crippen LogP contribution in [0.4, 0.5) is 34.1 Å². The van der Waals surface area contributed by atoms with Gasteiger partial charge in [0.05, 0.1) is 11.4 Å². The van der Waals surface area contributed by atoms with Crippen molar-refractivity contribution in [2.45, 2.75) is 110 Å². The van der Waals surface area contributed by atoms with Crippen molar-refractivity contribution in [2.75, 3.05) is 9.80 Å². The van der Waals surface area contributed by atoms with Crippen LogP contribution in [0.25, 0.3) is 123 Å². The quantitative estimate of drug-likeness (QED) is 0.113. The number of anilines is 6. The van der Waals surface area contributed by atoms with E-state index < -0.39 is 0 Å². The second-order valence-electron chi connectivity index (χ2n) is 35.0. The average molecular weight is 1430 g/mol. The van der Waals surface area contributed by atoms with Crippen LogP contribution in [0.5, 0.6) is 0 Å². The lowest BCUT2D eigenvalue weighted by atomic mass is 9.81. The van der Waals surface area contributed by atoms with Crippen LogP contribution in [0, 0.1) is 0 Å². The Labute approximate surface area is 655 Å². The van der Waals surface area contributed by atoms with Gasteiger partial charge in [-0.25, -0.2) is 0 Å². The third kappa shape index (κ3) is 11.8. The summed E-state index contributed by atoms with van der Waals surface area (Å²) in [4.78, 5) is 4.97. The smallest absolute Gasteiger partial charge is 0.0540 e. The van der Waals surface area contributed by atoms with Crippen molar-refractivity contribution in [1.82, 2.24) is 0 Å². The van der Waals surface area contributed by atoms with E-state index in [9.17, 15) is 0 Å². The molecule has 0 heterocycles. The fraction of sp³-hybridized carbons (Fsp3) is 0.156. The van der Waals surface area contributed by atoms with Gasteiger partial charge in [0.15, 0.2) is 0 Å². The zero-order chi connectivity index (χ0) is 76.0. The zero-order valence-corrected chi connectivity index (χ0v) is 65.7. The Morgan fingerprint density at radius 2 is 0.495 bits per heavy atom. The zero-order valence-electron chi connectivity index (χ0n) is 65.7. The minimum absolute atomic E-state index is 0.0278. The van der Waals surface area contributed by atoms with Gasteiger partial charge in [0, 0.05) is 49.8 Å². The molecule has 0 unspecified atom stereocenters. The van der Waals surface area contributed by atoms with E-state index >= 15 is 0 Å². The molecular formula is C109H92N2. The molecule has 3 aliphatic carbocycles.